The van der Waals surface area contributed by atoms with E-state index in [0.29, 0.717) is 0 Å². The fraction of sp³-hybridized carbons (Fsp3) is 0. The maximum atomic E-state index is 9.37. The molecule has 0 radical (unpaired) electrons. The monoisotopic (exact) mass is 238 g/mol. The SMILES string of the molecule is O=S(=O)([O-])OOS(=O)(=O)[O-].[K+].[Li+]. The Morgan fingerprint density at radius 2 is 1.00 bits per heavy atom. The summed E-state index contributed by atoms with van der Waals surface area (Å²) in [4.78, 5) is 0. The molecule has 62 valence electrons. The van der Waals surface area contributed by atoms with Crippen molar-refractivity contribution in [3.63, 3.8) is 0 Å². The molecular weight excluding hydrogens is 238 g/mol. The first-order valence-electron chi connectivity index (χ1n) is 1.50. The number of hydrogen-bond acceptors (Lipinski definition) is 8. The van der Waals surface area contributed by atoms with Crippen LogP contribution in [0.4, 0.5) is 0 Å². The summed E-state index contributed by atoms with van der Waals surface area (Å²) in [5.41, 5.74) is 0. The molecule has 12 heavy (non-hydrogen) atoms. The Balaban J connectivity index is -0.000000405. The van der Waals surface area contributed by atoms with Crippen molar-refractivity contribution in [3.05, 3.63) is 0 Å². The van der Waals surface area contributed by atoms with Crippen LogP contribution in [0.2, 0.25) is 0 Å². The van der Waals surface area contributed by atoms with Crippen LogP contribution in [0.25, 0.3) is 0 Å². The van der Waals surface area contributed by atoms with Crippen LogP contribution in [0.1, 0.15) is 0 Å². The van der Waals surface area contributed by atoms with E-state index < -0.39 is 20.8 Å². The van der Waals surface area contributed by atoms with Crippen LogP contribution in [0.15, 0.2) is 0 Å². The molecule has 0 spiro atoms. The Kier molecular flexibility index (Phi) is 11.9. The van der Waals surface area contributed by atoms with Crippen molar-refractivity contribution in [2.24, 2.45) is 0 Å². The summed E-state index contributed by atoms with van der Waals surface area (Å²) in [5.74, 6) is 0. The molecule has 0 atom stereocenters. The molecule has 0 heterocycles. The van der Waals surface area contributed by atoms with Crippen molar-refractivity contribution in [2.75, 3.05) is 0 Å². The van der Waals surface area contributed by atoms with Crippen molar-refractivity contribution >= 4 is 20.8 Å². The zero-order valence-electron chi connectivity index (χ0n) is 6.08. The summed E-state index contributed by atoms with van der Waals surface area (Å²) >= 11 is 0. The van der Waals surface area contributed by atoms with Crippen LogP contribution in [0, 0.1) is 0 Å². The predicted octanol–water partition coefficient (Wildman–Crippen LogP) is -8.14. The third-order valence-electron chi connectivity index (χ3n) is 0.194. The molecule has 0 aromatic heterocycles. The van der Waals surface area contributed by atoms with E-state index in [4.69, 9.17) is 0 Å². The van der Waals surface area contributed by atoms with Gasteiger partial charge in [-0.2, -0.15) is 0 Å². The van der Waals surface area contributed by atoms with Gasteiger partial charge in [-0.05, 0) is 0 Å². The minimum absolute atomic E-state index is 0. The van der Waals surface area contributed by atoms with Crippen molar-refractivity contribution in [1.82, 2.24) is 0 Å². The smallest absolute Gasteiger partial charge is 0.724 e. The van der Waals surface area contributed by atoms with Gasteiger partial charge in [0.15, 0.2) is 0 Å². The van der Waals surface area contributed by atoms with E-state index >= 15 is 0 Å². The van der Waals surface area contributed by atoms with Gasteiger partial charge in [-0.25, -0.2) is 16.8 Å². The Labute approximate surface area is 123 Å². The van der Waals surface area contributed by atoms with Crippen LogP contribution in [-0.2, 0) is 29.5 Å². The molecule has 12 heteroatoms. The van der Waals surface area contributed by atoms with E-state index in [0.717, 1.165) is 0 Å². The predicted molar refractivity (Wildman–Crippen MR) is 21.6 cm³/mol. The summed E-state index contributed by atoms with van der Waals surface area (Å²) in [6.07, 6.45) is 0. The number of hydrogen-bond donors (Lipinski definition) is 0. The topological polar surface area (TPSA) is 133 Å². The fourth-order valence-corrected chi connectivity index (χ4v) is 0.612. The minimum Gasteiger partial charge on any atom is -0.724 e. The zero-order valence-corrected chi connectivity index (χ0v) is 10.8. The van der Waals surface area contributed by atoms with E-state index in [2.05, 4.69) is 8.67 Å². The van der Waals surface area contributed by atoms with E-state index in [1.54, 1.807) is 0 Å². The van der Waals surface area contributed by atoms with Crippen LogP contribution >= 0.6 is 0 Å². The molecular formula is KLiO8S2. The van der Waals surface area contributed by atoms with Gasteiger partial charge in [0.2, 0.25) is 20.8 Å². The Hall–Kier alpha value is 1.97. The van der Waals surface area contributed by atoms with Crippen LogP contribution in [0.3, 0.4) is 0 Å². The molecule has 0 aliphatic carbocycles. The molecule has 0 fully saturated rings. The van der Waals surface area contributed by atoms with Gasteiger partial charge in [-0.3, -0.25) is 0 Å². The van der Waals surface area contributed by atoms with E-state index in [1.807, 2.05) is 0 Å². The second-order valence-corrected chi connectivity index (χ2v) is 2.86. The second kappa shape index (κ2) is 7.29. The molecule has 0 unspecified atom stereocenters. The van der Waals surface area contributed by atoms with Crippen molar-refractivity contribution < 1.29 is 105 Å². The molecule has 0 aliphatic heterocycles. The normalized spacial score (nSPS) is 11.2. The average Bonchev–Trinajstić information content (AvgIpc) is 1.57. The first kappa shape index (κ1) is 19.5. The quantitative estimate of drug-likeness (QED) is 0.155. The van der Waals surface area contributed by atoms with Gasteiger partial charge in [0.05, 0.1) is 0 Å². The van der Waals surface area contributed by atoms with Gasteiger partial charge in [0.25, 0.3) is 0 Å². The van der Waals surface area contributed by atoms with E-state index in [-0.39, 0.29) is 70.2 Å². The molecule has 0 saturated carbocycles. The maximum absolute atomic E-state index is 9.37. The first-order valence-corrected chi connectivity index (χ1v) is 4.17. The van der Waals surface area contributed by atoms with Crippen molar-refractivity contribution in [3.8, 4) is 0 Å². The van der Waals surface area contributed by atoms with E-state index in [1.165, 1.54) is 0 Å². The zero-order chi connectivity index (χ0) is 8.41. The molecule has 0 aromatic rings. The van der Waals surface area contributed by atoms with Gasteiger partial charge in [-0.1, -0.05) is 0 Å². The van der Waals surface area contributed by atoms with Gasteiger partial charge in [0.1, 0.15) is 0 Å². The van der Waals surface area contributed by atoms with Crippen LogP contribution in [-0.4, -0.2) is 25.9 Å². The molecule has 0 saturated heterocycles. The summed E-state index contributed by atoms with van der Waals surface area (Å²) in [5, 5.41) is 0. The van der Waals surface area contributed by atoms with Crippen LogP contribution < -0.4 is 70.2 Å². The molecule has 0 rings (SSSR count). The molecule has 0 N–H and O–H groups in total. The summed E-state index contributed by atoms with van der Waals surface area (Å²) < 4.78 is 61.5. The third kappa shape index (κ3) is 17.9. The molecule has 0 aliphatic rings. The fourth-order valence-electron chi connectivity index (χ4n) is 0.0680. The standard InChI is InChI=1S/K.Li.H2O8S2/c;;1-9(2,3)7-8-10(4,5)6/h;;(H,1,2,3)(H,4,5,6)/q2*+1;/p-2. The Morgan fingerprint density at radius 1 is 0.833 bits per heavy atom. The summed E-state index contributed by atoms with van der Waals surface area (Å²) in [6.45, 7) is 0. The van der Waals surface area contributed by atoms with Gasteiger partial charge < -0.3 is 9.11 Å². The van der Waals surface area contributed by atoms with Crippen molar-refractivity contribution in [2.45, 2.75) is 0 Å². The van der Waals surface area contributed by atoms with Crippen LogP contribution in [0.5, 0.6) is 0 Å². The molecule has 0 bridgehead atoms. The average molecular weight is 238 g/mol. The second-order valence-electron chi connectivity index (χ2n) is 0.953. The summed E-state index contributed by atoms with van der Waals surface area (Å²) in [7, 11) is -10.6. The van der Waals surface area contributed by atoms with Gasteiger partial charge in [-0.15, -0.1) is 8.67 Å². The van der Waals surface area contributed by atoms with E-state index in [9.17, 15) is 25.9 Å². The molecule has 8 nitrogen and oxygen atoms in total. The molecule has 0 aromatic carbocycles. The Morgan fingerprint density at radius 3 is 1.08 bits per heavy atom. The van der Waals surface area contributed by atoms with Gasteiger partial charge in [0, 0.05) is 0 Å². The largest absolute Gasteiger partial charge is 1.00 e. The maximum Gasteiger partial charge on any atom is 1.00 e. The number of rotatable bonds is 3. The molecule has 0 amide bonds. The first-order chi connectivity index (χ1) is 4.21. The Bertz CT molecular complexity index is 253. The third-order valence-corrected chi connectivity index (χ3v) is 0.750. The minimum atomic E-state index is -5.31. The summed E-state index contributed by atoms with van der Waals surface area (Å²) in [6, 6.07) is 0. The van der Waals surface area contributed by atoms with Crippen molar-refractivity contribution in [1.29, 1.82) is 0 Å². The van der Waals surface area contributed by atoms with Gasteiger partial charge >= 0.3 is 70.2 Å².